The number of amides is 1. The number of alkyl halides is 3. The zero-order chi connectivity index (χ0) is 21.0. The van der Waals surface area contributed by atoms with Crippen LogP contribution in [0.2, 0.25) is 0 Å². The summed E-state index contributed by atoms with van der Waals surface area (Å²) in [7, 11) is 0. The van der Waals surface area contributed by atoms with E-state index in [1.807, 2.05) is 13.0 Å². The first-order valence-corrected chi connectivity index (χ1v) is 8.26. The van der Waals surface area contributed by atoms with Crippen molar-refractivity contribution < 1.29 is 27.8 Å². The minimum atomic E-state index is -4.74. The molecule has 10 heteroatoms. The summed E-state index contributed by atoms with van der Waals surface area (Å²) < 4.78 is 42.0. The molecule has 0 aliphatic carbocycles. The van der Waals surface area contributed by atoms with Crippen molar-refractivity contribution in [2.45, 2.75) is 13.3 Å². The van der Waals surface area contributed by atoms with E-state index >= 15 is 0 Å². The molecule has 3 rings (SSSR count). The summed E-state index contributed by atoms with van der Waals surface area (Å²) in [5, 5.41) is 15.3. The Bertz CT molecular complexity index is 1030. The molecule has 7 nitrogen and oxygen atoms in total. The van der Waals surface area contributed by atoms with Gasteiger partial charge in [-0.2, -0.15) is 0 Å². The number of benzene rings is 2. The minimum Gasteiger partial charge on any atom is -0.465 e. The molecule has 1 aromatic heterocycles. The molecule has 0 unspecified atom stereocenters. The van der Waals surface area contributed by atoms with E-state index in [4.69, 9.17) is 5.11 Å². The summed E-state index contributed by atoms with van der Waals surface area (Å²) in [6.07, 6.45) is -2.61. The number of nitrogens with zero attached hydrogens (tertiary/aromatic N) is 3. The van der Waals surface area contributed by atoms with Gasteiger partial charge in [-0.3, -0.25) is 5.32 Å². The number of hydrogen-bond acceptors (Lipinski definition) is 4. The number of aromatic nitrogens is 3. The van der Waals surface area contributed by atoms with Gasteiger partial charge >= 0.3 is 12.5 Å². The molecule has 0 aliphatic rings. The maximum Gasteiger partial charge on any atom is 0.573 e. The Morgan fingerprint density at radius 1 is 1.14 bits per heavy atom. The third kappa shape index (κ3) is 5.58. The van der Waals surface area contributed by atoms with Crippen LogP contribution in [-0.2, 0) is 0 Å². The summed E-state index contributed by atoms with van der Waals surface area (Å²) in [6, 6.07) is 12.0. The van der Waals surface area contributed by atoms with Crippen LogP contribution in [0, 0.1) is 0 Å². The van der Waals surface area contributed by atoms with Gasteiger partial charge in [-0.25, -0.2) is 14.5 Å². The molecule has 0 radical (unpaired) electrons. The van der Waals surface area contributed by atoms with Crippen LogP contribution in [0.5, 0.6) is 5.75 Å². The number of carbonyl (C=O) groups is 1. The Morgan fingerprint density at radius 3 is 2.38 bits per heavy atom. The number of hydrogen-bond donors (Lipinski definition) is 2. The van der Waals surface area contributed by atoms with Crippen LogP contribution in [0.3, 0.4) is 0 Å². The first kappa shape index (κ1) is 19.9. The highest BCUT2D eigenvalue weighted by molar-refractivity contribution is 5.83. The third-order valence-corrected chi connectivity index (χ3v) is 3.72. The maximum absolute atomic E-state index is 12.2. The van der Waals surface area contributed by atoms with Crippen molar-refractivity contribution in [2.75, 3.05) is 5.32 Å². The number of rotatable bonds is 5. The van der Waals surface area contributed by atoms with E-state index < -0.39 is 12.5 Å². The normalized spacial score (nSPS) is 11.9. The van der Waals surface area contributed by atoms with Crippen LogP contribution in [0.15, 0.2) is 54.9 Å². The van der Waals surface area contributed by atoms with Gasteiger partial charge in [0.1, 0.15) is 12.1 Å². The molecule has 29 heavy (non-hydrogen) atoms. The Hall–Kier alpha value is -3.82. The molecule has 0 saturated heterocycles. The largest absolute Gasteiger partial charge is 0.573 e. The van der Waals surface area contributed by atoms with Gasteiger partial charge < -0.3 is 9.84 Å². The zero-order valence-corrected chi connectivity index (χ0v) is 15.0. The number of nitrogens with one attached hydrogen (secondary N) is 1. The van der Waals surface area contributed by atoms with Crippen molar-refractivity contribution in [3.63, 3.8) is 0 Å². The summed E-state index contributed by atoms with van der Waals surface area (Å²) in [4.78, 5) is 14.8. The average Bonchev–Trinajstić information content (AvgIpc) is 3.12. The highest BCUT2D eigenvalue weighted by atomic mass is 19.4. The van der Waals surface area contributed by atoms with E-state index in [0.29, 0.717) is 17.2 Å². The first-order valence-electron chi connectivity index (χ1n) is 8.26. The highest BCUT2D eigenvalue weighted by Gasteiger charge is 2.30. The summed E-state index contributed by atoms with van der Waals surface area (Å²) in [5.74, 6) is 0.117. The minimum absolute atomic E-state index is 0.321. The third-order valence-electron chi connectivity index (χ3n) is 3.72. The van der Waals surface area contributed by atoms with E-state index in [-0.39, 0.29) is 5.75 Å². The van der Waals surface area contributed by atoms with Gasteiger partial charge in [0.25, 0.3) is 0 Å². The van der Waals surface area contributed by atoms with Crippen molar-refractivity contribution in [3.05, 3.63) is 66.2 Å². The highest BCUT2D eigenvalue weighted by Crippen LogP contribution is 2.24. The van der Waals surface area contributed by atoms with Gasteiger partial charge in [-0.15, -0.1) is 18.3 Å². The number of ether oxygens (including phenoxy) is 1. The van der Waals surface area contributed by atoms with Gasteiger partial charge in [0.2, 0.25) is 0 Å². The molecule has 0 aliphatic heterocycles. The molecule has 0 saturated carbocycles. The van der Waals surface area contributed by atoms with Crippen molar-refractivity contribution in [2.24, 2.45) is 0 Å². The summed E-state index contributed by atoms with van der Waals surface area (Å²) in [6.45, 7) is 1.81. The standard InChI is InChI=1S/C19H15F3N4O3/c1-12(10-13-2-4-14(5-3-13)24-18(27)28)17-23-11-26(25-17)15-6-8-16(9-7-15)29-19(20,21)22/h2-11,24H,1H3,(H,27,28). The first-order chi connectivity index (χ1) is 13.7. The van der Waals surface area contributed by atoms with E-state index in [1.54, 1.807) is 24.3 Å². The molecule has 1 heterocycles. The van der Waals surface area contributed by atoms with Crippen LogP contribution in [0.4, 0.5) is 23.7 Å². The fourth-order valence-electron chi connectivity index (χ4n) is 2.47. The number of carboxylic acid groups (broad SMARTS) is 1. The lowest BCUT2D eigenvalue weighted by molar-refractivity contribution is -0.274. The number of allylic oxidation sites excluding steroid dienone is 1. The average molecular weight is 404 g/mol. The van der Waals surface area contributed by atoms with Gasteiger partial charge in [0.15, 0.2) is 5.82 Å². The van der Waals surface area contributed by atoms with E-state index in [2.05, 4.69) is 20.1 Å². The Kier molecular flexibility index (Phi) is 5.53. The lowest BCUT2D eigenvalue weighted by Gasteiger charge is -2.09. The molecule has 0 bridgehead atoms. The predicted octanol–water partition coefficient (Wildman–Crippen LogP) is 4.82. The van der Waals surface area contributed by atoms with Crippen molar-refractivity contribution >= 4 is 23.4 Å². The van der Waals surface area contributed by atoms with E-state index in [0.717, 1.165) is 11.1 Å². The van der Waals surface area contributed by atoms with Crippen LogP contribution < -0.4 is 10.1 Å². The fraction of sp³-hybridized carbons (Fsp3) is 0.105. The van der Waals surface area contributed by atoms with Crippen molar-refractivity contribution in [1.82, 2.24) is 14.8 Å². The summed E-state index contributed by atoms with van der Waals surface area (Å²) >= 11 is 0. The Balaban J connectivity index is 1.73. The lowest BCUT2D eigenvalue weighted by Crippen LogP contribution is -2.17. The molecule has 150 valence electrons. The number of halogens is 3. The Labute approximate surface area is 163 Å². The molecule has 2 aromatic carbocycles. The van der Waals surface area contributed by atoms with Gasteiger partial charge in [0, 0.05) is 5.69 Å². The number of anilines is 1. The molecule has 0 spiro atoms. The zero-order valence-electron chi connectivity index (χ0n) is 15.0. The van der Waals surface area contributed by atoms with Crippen LogP contribution in [0.25, 0.3) is 17.3 Å². The molecule has 0 fully saturated rings. The maximum atomic E-state index is 12.2. The van der Waals surface area contributed by atoms with Crippen molar-refractivity contribution in [3.8, 4) is 11.4 Å². The van der Waals surface area contributed by atoms with Gasteiger partial charge in [-0.05, 0) is 60.5 Å². The van der Waals surface area contributed by atoms with Gasteiger partial charge in [0.05, 0.1) is 5.69 Å². The van der Waals surface area contributed by atoms with Crippen LogP contribution >= 0.6 is 0 Å². The second kappa shape index (κ2) is 8.05. The van der Waals surface area contributed by atoms with Crippen LogP contribution in [-0.4, -0.2) is 32.3 Å². The predicted molar refractivity (Wildman–Crippen MR) is 99.7 cm³/mol. The molecular formula is C19H15F3N4O3. The monoisotopic (exact) mass is 404 g/mol. The molecule has 2 N–H and O–H groups in total. The fourth-order valence-corrected chi connectivity index (χ4v) is 2.47. The smallest absolute Gasteiger partial charge is 0.465 e. The topological polar surface area (TPSA) is 89.3 Å². The second-order valence-electron chi connectivity index (χ2n) is 5.93. The van der Waals surface area contributed by atoms with E-state index in [1.165, 1.54) is 35.3 Å². The van der Waals surface area contributed by atoms with Gasteiger partial charge in [-0.1, -0.05) is 12.1 Å². The molecule has 3 aromatic rings. The van der Waals surface area contributed by atoms with E-state index in [9.17, 15) is 18.0 Å². The SMILES string of the molecule is CC(=Cc1ccc(NC(=O)O)cc1)c1ncn(-c2ccc(OC(F)(F)F)cc2)n1. The second-order valence-corrected chi connectivity index (χ2v) is 5.93. The molecular weight excluding hydrogens is 389 g/mol. The molecule has 0 atom stereocenters. The summed E-state index contributed by atoms with van der Waals surface area (Å²) in [5.41, 5.74) is 2.55. The van der Waals surface area contributed by atoms with Crippen molar-refractivity contribution in [1.29, 1.82) is 0 Å². The van der Waals surface area contributed by atoms with Crippen LogP contribution in [0.1, 0.15) is 18.3 Å². The quantitative estimate of drug-likeness (QED) is 0.637. The molecule has 1 amide bonds. The lowest BCUT2D eigenvalue weighted by atomic mass is 10.1. The Morgan fingerprint density at radius 2 is 1.79 bits per heavy atom.